The van der Waals surface area contributed by atoms with Gasteiger partial charge in [-0.3, -0.25) is 9.59 Å². The molecule has 0 aliphatic carbocycles. The number of nitrogens with zero attached hydrogens (tertiary/aromatic N) is 1. The SMILES string of the molecule is CCCCN(CC(N)=O)c1cc(Cl)ccc1C=O. The molecule has 4 nitrogen and oxygen atoms in total. The maximum absolute atomic E-state index is 11.1. The van der Waals surface area contributed by atoms with Crippen molar-refractivity contribution in [1.82, 2.24) is 0 Å². The number of benzene rings is 1. The fourth-order valence-electron chi connectivity index (χ4n) is 1.71. The quantitative estimate of drug-likeness (QED) is 0.772. The van der Waals surface area contributed by atoms with Gasteiger partial charge in [-0.15, -0.1) is 0 Å². The summed E-state index contributed by atoms with van der Waals surface area (Å²) in [4.78, 5) is 23.9. The van der Waals surface area contributed by atoms with Crippen molar-refractivity contribution in [3.05, 3.63) is 28.8 Å². The van der Waals surface area contributed by atoms with Crippen LogP contribution in [-0.4, -0.2) is 25.3 Å². The van der Waals surface area contributed by atoms with E-state index >= 15 is 0 Å². The number of carbonyl (C=O) groups excluding carboxylic acids is 2. The zero-order chi connectivity index (χ0) is 13.5. The first-order valence-electron chi connectivity index (χ1n) is 5.86. The molecule has 0 saturated heterocycles. The normalized spacial score (nSPS) is 10.1. The molecule has 1 aromatic rings. The number of amides is 1. The number of hydrogen-bond donors (Lipinski definition) is 1. The van der Waals surface area contributed by atoms with Gasteiger partial charge in [0.15, 0.2) is 6.29 Å². The van der Waals surface area contributed by atoms with Gasteiger partial charge >= 0.3 is 0 Å². The van der Waals surface area contributed by atoms with Crippen LogP contribution in [0.2, 0.25) is 5.02 Å². The number of aldehydes is 1. The standard InChI is InChI=1S/C13H17ClN2O2/c1-2-3-6-16(8-13(15)18)12-7-11(14)5-4-10(12)9-17/h4-5,7,9H,2-3,6,8H2,1H3,(H2,15,18). The molecule has 0 unspecified atom stereocenters. The topological polar surface area (TPSA) is 63.4 Å². The summed E-state index contributed by atoms with van der Waals surface area (Å²) >= 11 is 5.93. The Kier molecular flexibility index (Phi) is 5.65. The number of hydrogen-bond acceptors (Lipinski definition) is 3. The van der Waals surface area contributed by atoms with Crippen LogP contribution in [0.1, 0.15) is 30.1 Å². The van der Waals surface area contributed by atoms with Gasteiger partial charge in [0, 0.05) is 22.8 Å². The first kappa shape index (κ1) is 14.5. The molecule has 0 saturated carbocycles. The molecule has 0 heterocycles. The van der Waals surface area contributed by atoms with Crippen molar-refractivity contribution >= 4 is 29.5 Å². The molecule has 0 spiro atoms. The van der Waals surface area contributed by atoms with Crippen molar-refractivity contribution < 1.29 is 9.59 Å². The number of primary amides is 1. The molecule has 18 heavy (non-hydrogen) atoms. The number of rotatable bonds is 7. The summed E-state index contributed by atoms with van der Waals surface area (Å²) in [5.41, 5.74) is 6.40. The third kappa shape index (κ3) is 4.04. The van der Waals surface area contributed by atoms with Crippen molar-refractivity contribution in [2.45, 2.75) is 19.8 Å². The Morgan fingerprint density at radius 1 is 1.50 bits per heavy atom. The van der Waals surface area contributed by atoms with Crippen LogP contribution in [-0.2, 0) is 4.79 Å². The Morgan fingerprint density at radius 3 is 2.78 bits per heavy atom. The predicted molar refractivity (Wildman–Crippen MR) is 73.2 cm³/mol. The average molecular weight is 269 g/mol. The molecule has 0 bridgehead atoms. The van der Waals surface area contributed by atoms with E-state index in [4.69, 9.17) is 17.3 Å². The number of unbranched alkanes of at least 4 members (excludes halogenated alkanes) is 1. The second-order valence-corrected chi connectivity index (χ2v) is 4.50. The van der Waals surface area contributed by atoms with E-state index in [9.17, 15) is 9.59 Å². The van der Waals surface area contributed by atoms with E-state index in [-0.39, 0.29) is 6.54 Å². The minimum atomic E-state index is -0.428. The Hall–Kier alpha value is -1.55. The second kappa shape index (κ2) is 7.01. The summed E-state index contributed by atoms with van der Waals surface area (Å²) in [6.07, 6.45) is 2.66. The molecule has 1 aromatic carbocycles. The van der Waals surface area contributed by atoms with Crippen LogP contribution in [0.5, 0.6) is 0 Å². The van der Waals surface area contributed by atoms with Crippen molar-refractivity contribution in [3.8, 4) is 0 Å². The summed E-state index contributed by atoms with van der Waals surface area (Å²) in [5, 5.41) is 0.529. The molecule has 0 aliphatic rings. The molecule has 0 aliphatic heterocycles. The van der Waals surface area contributed by atoms with Crippen molar-refractivity contribution in [3.63, 3.8) is 0 Å². The third-order valence-electron chi connectivity index (χ3n) is 2.59. The van der Waals surface area contributed by atoms with Gasteiger partial charge in [-0.1, -0.05) is 24.9 Å². The first-order valence-corrected chi connectivity index (χ1v) is 6.24. The number of carbonyl (C=O) groups is 2. The monoisotopic (exact) mass is 268 g/mol. The van der Waals surface area contributed by atoms with Crippen molar-refractivity contribution in [2.75, 3.05) is 18.0 Å². The van der Waals surface area contributed by atoms with Gasteiger partial charge < -0.3 is 10.6 Å². The fraction of sp³-hybridized carbons (Fsp3) is 0.385. The Balaban J connectivity index is 3.05. The van der Waals surface area contributed by atoms with Gasteiger partial charge in [0.2, 0.25) is 5.91 Å². The zero-order valence-electron chi connectivity index (χ0n) is 10.4. The van der Waals surface area contributed by atoms with Crippen LogP contribution >= 0.6 is 11.6 Å². The van der Waals surface area contributed by atoms with Crippen LogP contribution in [0.3, 0.4) is 0 Å². The van der Waals surface area contributed by atoms with Crippen LogP contribution < -0.4 is 10.6 Å². The van der Waals surface area contributed by atoms with E-state index in [1.807, 2.05) is 0 Å². The molecule has 1 rings (SSSR count). The molecule has 5 heteroatoms. The molecular formula is C13H17ClN2O2. The molecule has 98 valence electrons. The zero-order valence-corrected chi connectivity index (χ0v) is 11.1. The largest absolute Gasteiger partial charge is 0.368 e. The molecule has 2 N–H and O–H groups in total. The Morgan fingerprint density at radius 2 is 2.22 bits per heavy atom. The molecular weight excluding hydrogens is 252 g/mol. The highest BCUT2D eigenvalue weighted by Gasteiger charge is 2.13. The highest BCUT2D eigenvalue weighted by Crippen LogP contribution is 2.24. The summed E-state index contributed by atoms with van der Waals surface area (Å²) in [6, 6.07) is 4.98. The lowest BCUT2D eigenvalue weighted by Crippen LogP contribution is -2.35. The predicted octanol–water partition coefficient (Wildman–Crippen LogP) is 2.24. The van der Waals surface area contributed by atoms with Crippen LogP contribution in [0.15, 0.2) is 18.2 Å². The van der Waals surface area contributed by atoms with E-state index in [2.05, 4.69) is 6.92 Å². The van der Waals surface area contributed by atoms with E-state index in [0.717, 1.165) is 19.1 Å². The molecule has 0 atom stereocenters. The fourth-order valence-corrected chi connectivity index (χ4v) is 1.88. The lowest BCUT2D eigenvalue weighted by Gasteiger charge is -2.24. The maximum atomic E-state index is 11.1. The number of halogens is 1. The first-order chi connectivity index (χ1) is 8.58. The molecule has 1 amide bonds. The van der Waals surface area contributed by atoms with Crippen LogP contribution in [0.4, 0.5) is 5.69 Å². The molecule has 0 aromatic heterocycles. The number of nitrogens with two attached hydrogens (primary N) is 1. The van der Waals surface area contributed by atoms with Gasteiger partial charge in [-0.05, 0) is 24.6 Å². The molecule has 0 radical (unpaired) electrons. The second-order valence-electron chi connectivity index (χ2n) is 4.06. The van der Waals surface area contributed by atoms with E-state index < -0.39 is 5.91 Å². The van der Waals surface area contributed by atoms with Gasteiger partial charge in [0.05, 0.1) is 6.54 Å². The van der Waals surface area contributed by atoms with Crippen LogP contribution in [0, 0.1) is 0 Å². The van der Waals surface area contributed by atoms with E-state index in [1.54, 1.807) is 23.1 Å². The van der Waals surface area contributed by atoms with E-state index in [1.165, 1.54) is 0 Å². The Labute approximate surface area is 112 Å². The van der Waals surface area contributed by atoms with Crippen LogP contribution in [0.25, 0.3) is 0 Å². The minimum absolute atomic E-state index is 0.0845. The molecule has 0 fully saturated rings. The maximum Gasteiger partial charge on any atom is 0.236 e. The highest BCUT2D eigenvalue weighted by molar-refractivity contribution is 6.31. The lowest BCUT2D eigenvalue weighted by atomic mass is 10.1. The van der Waals surface area contributed by atoms with Gasteiger partial charge in [-0.2, -0.15) is 0 Å². The minimum Gasteiger partial charge on any atom is -0.368 e. The number of anilines is 1. The van der Waals surface area contributed by atoms with E-state index in [0.29, 0.717) is 22.8 Å². The van der Waals surface area contributed by atoms with Crippen molar-refractivity contribution in [1.29, 1.82) is 0 Å². The summed E-state index contributed by atoms with van der Waals surface area (Å²) in [5.74, 6) is -0.428. The summed E-state index contributed by atoms with van der Waals surface area (Å²) < 4.78 is 0. The summed E-state index contributed by atoms with van der Waals surface area (Å²) in [7, 11) is 0. The van der Waals surface area contributed by atoms with Gasteiger partial charge in [-0.25, -0.2) is 0 Å². The average Bonchev–Trinajstić information content (AvgIpc) is 2.34. The third-order valence-corrected chi connectivity index (χ3v) is 2.82. The highest BCUT2D eigenvalue weighted by atomic mass is 35.5. The summed E-state index contributed by atoms with van der Waals surface area (Å²) in [6.45, 7) is 2.81. The van der Waals surface area contributed by atoms with Gasteiger partial charge in [0.25, 0.3) is 0 Å². The Bertz CT molecular complexity index is 435. The lowest BCUT2D eigenvalue weighted by molar-refractivity contribution is -0.116. The smallest absolute Gasteiger partial charge is 0.236 e. The van der Waals surface area contributed by atoms with Gasteiger partial charge in [0.1, 0.15) is 0 Å². The van der Waals surface area contributed by atoms with Crippen molar-refractivity contribution in [2.24, 2.45) is 5.73 Å².